The van der Waals surface area contributed by atoms with Gasteiger partial charge in [-0.05, 0) is 11.1 Å². The molecule has 3 aromatic rings. The van der Waals surface area contributed by atoms with Crippen LogP contribution in [-0.4, -0.2) is 24.1 Å². The summed E-state index contributed by atoms with van der Waals surface area (Å²) in [5.74, 6) is -16.7. The summed E-state index contributed by atoms with van der Waals surface area (Å²) in [6.07, 6.45) is -2.15. The highest BCUT2D eigenvalue weighted by molar-refractivity contribution is 5.87. The molecule has 3 rings (SSSR count). The Balaban J connectivity index is 1.74. The Morgan fingerprint density at radius 1 is 0.676 bits per heavy atom. The van der Waals surface area contributed by atoms with Crippen molar-refractivity contribution in [2.24, 2.45) is 0 Å². The summed E-state index contributed by atoms with van der Waals surface area (Å²) < 4.78 is 82.5. The number of hydrogen-bond acceptors (Lipinski definition) is 6. The summed E-state index contributed by atoms with van der Waals surface area (Å²) in [5, 5.41) is 1.97. The molecule has 0 unspecified atom stereocenters. The van der Waals surface area contributed by atoms with Crippen molar-refractivity contribution in [2.75, 3.05) is 0 Å². The monoisotopic (exact) mass is 523 g/mol. The third kappa shape index (κ3) is 7.26. The number of nitrogens with one attached hydrogen (secondary N) is 1. The van der Waals surface area contributed by atoms with Gasteiger partial charge in [0.2, 0.25) is 34.8 Å². The van der Waals surface area contributed by atoms with Crippen molar-refractivity contribution in [3.63, 3.8) is 0 Å². The minimum absolute atomic E-state index is 0.211. The first kappa shape index (κ1) is 27.1. The zero-order valence-electron chi connectivity index (χ0n) is 18.8. The zero-order chi connectivity index (χ0) is 26.9. The van der Waals surface area contributed by atoms with Crippen LogP contribution in [0.25, 0.3) is 0 Å². The van der Waals surface area contributed by atoms with Crippen molar-refractivity contribution in [3.05, 3.63) is 101 Å². The second kappa shape index (κ2) is 12.5. The number of benzene rings is 3. The summed E-state index contributed by atoms with van der Waals surface area (Å²) in [7, 11) is 0. The number of esters is 2. The molecule has 1 atom stereocenters. The third-order valence-electron chi connectivity index (χ3n) is 4.77. The molecule has 194 valence electrons. The molecule has 0 aromatic heterocycles. The fourth-order valence-electron chi connectivity index (χ4n) is 2.91. The van der Waals surface area contributed by atoms with Gasteiger partial charge in [-0.15, -0.1) is 0 Å². The van der Waals surface area contributed by atoms with Crippen LogP contribution in [0.2, 0.25) is 0 Å². The van der Waals surface area contributed by atoms with Crippen LogP contribution in [0.3, 0.4) is 0 Å². The van der Waals surface area contributed by atoms with E-state index in [1.807, 2.05) is 5.32 Å². The van der Waals surface area contributed by atoms with Crippen molar-refractivity contribution >= 4 is 18.0 Å². The molecule has 7 nitrogen and oxygen atoms in total. The number of carbonyl (C=O) groups is 3. The molecule has 0 fully saturated rings. The lowest BCUT2D eigenvalue weighted by Gasteiger charge is -2.18. The third-order valence-corrected chi connectivity index (χ3v) is 4.77. The van der Waals surface area contributed by atoms with Crippen molar-refractivity contribution in [3.8, 4) is 5.75 Å². The molecule has 0 aliphatic rings. The van der Waals surface area contributed by atoms with E-state index in [4.69, 9.17) is 9.47 Å². The van der Waals surface area contributed by atoms with Gasteiger partial charge < -0.3 is 19.5 Å². The number of hydrogen-bond donors (Lipinski definition) is 1. The SMILES string of the molecule is O=C(C[C@H](NC(=O)OCc1ccccc1)C(=O)Oc1c(F)c(F)c(F)c(F)c1F)OCc1ccccc1. The van der Waals surface area contributed by atoms with Crippen LogP contribution < -0.4 is 10.1 Å². The Kier molecular flexibility index (Phi) is 9.14. The molecular weight excluding hydrogens is 505 g/mol. The highest BCUT2D eigenvalue weighted by Gasteiger charge is 2.33. The van der Waals surface area contributed by atoms with E-state index in [1.54, 1.807) is 60.7 Å². The van der Waals surface area contributed by atoms with E-state index in [1.165, 1.54) is 0 Å². The van der Waals surface area contributed by atoms with E-state index in [9.17, 15) is 36.3 Å². The minimum atomic E-state index is -2.46. The number of ether oxygens (including phenoxy) is 3. The maximum atomic E-state index is 14.0. The minimum Gasteiger partial charge on any atom is -0.461 e. The number of halogens is 5. The average molecular weight is 523 g/mol. The van der Waals surface area contributed by atoms with E-state index < -0.39 is 65.3 Å². The predicted molar refractivity (Wildman–Crippen MR) is 116 cm³/mol. The van der Waals surface area contributed by atoms with Gasteiger partial charge in [-0.2, -0.15) is 8.78 Å². The van der Waals surface area contributed by atoms with Gasteiger partial charge in [-0.3, -0.25) is 4.79 Å². The quantitative estimate of drug-likeness (QED) is 0.144. The number of rotatable bonds is 9. The van der Waals surface area contributed by atoms with Crippen LogP contribution in [0.1, 0.15) is 17.5 Å². The van der Waals surface area contributed by atoms with Gasteiger partial charge in [0.15, 0.2) is 0 Å². The molecular formula is C25H18F5NO6. The molecule has 0 saturated carbocycles. The molecule has 12 heteroatoms. The van der Waals surface area contributed by atoms with Gasteiger partial charge in [-0.25, -0.2) is 22.8 Å². The highest BCUT2D eigenvalue weighted by Crippen LogP contribution is 2.29. The van der Waals surface area contributed by atoms with E-state index in [2.05, 4.69) is 4.74 Å². The molecule has 1 amide bonds. The Morgan fingerprint density at radius 3 is 1.65 bits per heavy atom. The van der Waals surface area contributed by atoms with Crippen molar-refractivity contribution in [1.82, 2.24) is 5.32 Å². The molecule has 0 heterocycles. The normalized spacial score (nSPS) is 11.4. The summed E-state index contributed by atoms with van der Waals surface area (Å²) in [6.45, 7) is -0.456. The molecule has 0 bridgehead atoms. The Morgan fingerprint density at radius 2 is 1.14 bits per heavy atom. The number of carbonyl (C=O) groups excluding carboxylic acids is 3. The van der Waals surface area contributed by atoms with E-state index in [0.29, 0.717) is 11.1 Å². The van der Waals surface area contributed by atoms with Gasteiger partial charge in [-0.1, -0.05) is 60.7 Å². The average Bonchev–Trinajstić information content (AvgIpc) is 2.91. The number of alkyl carbamates (subject to hydrolysis) is 1. The highest BCUT2D eigenvalue weighted by atomic mass is 19.2. The second-order valence-electron chi connectivity index (χ2n) is 7.43. The maximum Gasteiger partial charge on any atom is 0.408 e. The van der Waals surface area contributed by atoms with Gasteiger partial charge in [0.25, 0.3) is 0 Å². The molecule has 0 saturated heterocycles. The zero-order valence-corrected chi connectivity index (χ0v) is 18.8. The van der Waals surface area contributed by atoms with Gasteiger partial charge in [0.05, 0.1) is 6.42 Å². The first-order valence-corrected chi connectivity index (χ1v) is 10.6. The standard InChI is InChI=1S/C25H18F5NO6/c26-18-19(27)21(29)23(22(30)20(18)28)37-24(33)16(11-17(32)35-12-14-7-3-1-4-8-14)31-25(34)36-13-15-9-5-2-6-10-15/h1-10,16H,11-13H2,(H,31,34)/t16-/m0/s1. The molecule has 0 aliphatic heterocycles. The largest absolute Gasteiger partial charge is 0.461 e. The van der Waals surface area contributed by atoms with Crippen LogP contribution in [0.15, 0.2) is 60.7 Å². The number of amides is 1. The van der Waals surface area contributed by atoms with Crippen molar-refractivity contribution in [2.45, 2.75) is 25.7 Å². The topological polar surface area (TPSA) is 90.9 Å². The Labute approximate surface area is 206 Å². The molecule has 0 radical (unpaired) electrons. The summed E-state index contributed by atoms with van der Waals surface area (Å²) in [5.41, 5.74) is 1.16. The van der Waals surface area contributed by atoms with Crippen LogP contribution in [0.4, 0.5) is 26.7 Å². The summed E-state index contributed by atoms with van der Waals surface area (Å²) >= 11 is 0. The Hall–Kier alpha value is -4.48. The molecule has 37 heavy (non-hydrogen) atoms. The molecule has 0 spiro atoms. The lowest BCUT2D eigenvalue weighted by molar-refractivity contribution is -0.149. The molecule has 3 aromatic carbocycles. The maximum absolute atomic E-state index is 14.0. The van der Waals surface area contributed by atoms with E-state index in [-0.39, 0.29) is 13.2 Å². The van der Waals surface area contributed by atoms with Crippen LogP contribution in [0.5, 0.6) is 5.75 Å². The van der Waals surface area contributed by atoms with Crippen LogP contribution >= 0.6 is 0 Å². The van der Waals surface area contributed by atoms with Gasteiger partial charge in [0.1, 0.15) is 19.3 Å². The fraction of sp³-hybridized carbons (Fsp3) is 0.160. The first-order chi connectivity index (χ1) is 17.7. The predicted octanol–water partition coefficient (Wildman–Crippen LogP) is 4.72. The first-order valence-electron chi connectivity index (χ1n) is 10.6. The van der Waals surface area contributed by atoms with Crippen LogP contribution in [-0.2, 0) is 32.3 Å². The molecule has 0 aliphatic carbocycles. The van der Waals surface area contributed by atoms with E-state index in [0.717, 1.165) is 0 Å². The van der Waals surface area contributed by atoms with Gasteiger partial charge in [0, 0.05) is 0 Å². The van der Waals surface area contributed by atoms with Crippen LogP contribution in [0, 0.1) is 29.1 Å². The Bertz CT molecular complexity index is 1190. The fourth-order valence-corrected chi connectivity index (χ4v) is 2.91. The second-order valence-corrected chi connectivity index (χ2v) is 7.43. The molecule has 1 N–H and O–H groups in total. The van der Waals surface area contributed by atoms with Crippen molar-refractivity contribution < 1.29 is 50.5 Å². The van der Waals surface area contributed by atoms with Crippen molar-refractivity contribution in [1.29, 1.82) is 0 Å². The lowest BCUT2D eigenvalue weighted by atomic mass is 10.2. The smallest absolute Gasteiger partial charge is 0.408 e. The van der Waals surface area contributed by atoms with E-state index >= 15 is 0 Å². The summed E-state index contributed by atoms with van der Waals surface area (Å²) in [4.78, 5) is 37.1. The lowest BCUT2D eigenvalue weighted by Crippen LogP contribution is -2.45. The summed E-state index contributed by atoms with van der Waals surface area (Å²) in [6, 6.07) is 14.7. The van der Waals surface area contributed by atoms with Gasteiger partial charge >= 0.3 is 18.0 Å².